The van der Waals surface area contributed by atoms with Crippen molar-refractivity contribution in [3.63, 3.8) is 0 Å². The number of carbonyl (C=O) groups excluding carboxylic acids is 1. The summed E-state index contributed by atoms with van der Waals surface area (Å²) in [6, 6.07) is 9.67. The Labute approximate surface area is 154 Å². The molecule has 0 aliphatic heterocycles. The molecule has 0 unspecified atom stereocenters. The fraction of sp³-hybridized carbons (Fsp3) is 0.222. The predicted molar refractivity (Wildman–Crippen MR) is 95.5 cm³/mol. The number of rotatable bonds is 6. The maximum absolute atomic E-state index is 11.8. The molecule has 7 heteroatoms. The van der Waals surface area contributed by atoms with Gasteiger partial charge in [0.25, 0.3) is 0 Å². The normalized spacial score (nSPS) is 13.4. The number of benzene rings is 2. The second-order valence-electron chi connectivity index (χ2n) is 5.81. The van der Waals surface area contributed by atoms with Gasteiger partial charge in [-0.1, -0.05) is 29.3 Å². The first kappa shape index (κ1) is 17.6. The number of ether oxygens (including phenoxy) is 1. The quantitative estimate of drug-likeness (QED) is 0.767. The van der Waals surface area contributed by atoms with Crippen molar-refractivity contribution in [1.29, 1.82) is 0 Å². The van der Waals surface area contributed by atoms with Crippen LogP contribution < -0.4 is 10.1 Å². The molecule has 3 rings (SSSR count). The molecule has 1 fully saturated rings. The number of carbonyl (C=O) groups is 2. The lowest BCUT2D eigenvalue weighted by molar-refractivity contribution is -0.117. The third-order valence-electron chi connectivity index (χ3n) is 3.82. The van der Waals surface area contributed by atoms with Gasteiger partial charge < -0.3 is 15.2 Å². The third kappa shape index (κ3) is 4.44. The average Bonchev–Trinajstić information content (AvgIpc) is 3.41. The minimum Gasteiger partial charge on any atom is -0.489 e. The molecular formula is C18H15Cl2NO4. The molecular weight excluding hydrogens is 365 g/mol. The summed E-state index contributed by atoms with van der Waals surface area (Å²) in [4.78, 5) is 23.3. The molecule has 5 nitrogen and oxygen atoms in total. The second kappa shape index (κ2) is 7.33. The first-order valence-electron chi connectivity index (χ1n) is 7.69. The van der Waals surface area contributed by atoms with Crippen LogP contribution in [0.25, 0.3) is 0 Å². The van der Waals surface area contributed by atoms with Crippen LogP contribution in [0.1, 0.15) is 28.8 Å². The molecule has 1 aliphatic rings. The molecule has 25 heavy (non-hydrogen) atoms. The summed E-state index contributed by atoms with van der Waals surface area (Å²) in [6.45, 7) is 0.212. The summed E-state index contributed by atoms with van der Waals surface area (Å²) in [5.41, 5.74) is 1.06. The Morgan fingerprint density at radius 2 is 1.88 bits per heavy atom. The van der Waals surface area contributed by atoms with Gasteiger partial charge in [0, 0.05) is 5.92 Å². The van der Waals surface area contributed by atoms with E-state index in [2.05, 4.69) is 5.32 Å². The smallest absolute Gasteiger partial charge is 0.337 e. The molecule has 0 spiro atoms. The van der Waals surface area contributed by atoms with E-state index in [4.69, 9.17) is 27.9 Å². The number of aromatic carboxylic acids is 1. The molecule has 0 heterocycles. The van der Waals surface area contributed by atoms with Gasteiger partial charge in [-0.15, -0.1) is 0 Å². The average molecular weight is 380 g/mol. The van der Waals surface area contributed by atoms with Gasteiger partial charge in [-0.2, -0.15) is 0 Å². The summed E-state index contributed by atoms with van der Waals surface area (Å²) < 4.78 is 5.62. The van der Waals surface area contributed by atoms with Gasteiger partial charge in [-0.3, -0.25) is 4.79 Å². The van der Waals surface area contributed by atoms with Gasteiger partial charge in [-0.05, 0) is 48.7 Å². The standard InChI is InChI=1S/C18H15Cl2NO4/c19-14-5-1-10(7-15(14)20)9-25-12-4-6-16(13(8-12)18(23)24)21-17(22)11-2-3-11/h1,4-8,11H,2-3,9H2,(H,21,22)(H,23,24). The highest BCUT2D eigenvalue weighted by Gasteiger charge is 2.30. The predicted octanol–water partition coefficient (Wildman–Crippen LogP) is 4.62. The minimum absolute atomic E-state index is 0.00720. The zero-order valence-corrected chi connectivity index (χ0v) is 14.6. The number of nitrogens with one attached hydrogen (secondary N) is 1. The molecule has 0 saturated heterocycles. The zero-order valence-electron chi connectivity index (χ0n) is 13.1. The van der Waals surface area contributed by atoms with Crippen LogP contribution in [-0.2, 0) is 11.4 Å². The van der Waals surface area contributed by atoms with Crippen molar-refractivity contribution in [2.75, 3.05) is 5.32 Å². The lowest BCUT2D eigenvalue weighted by atomic mass is 10.1. The van der Waals surface area contributed by atoms with Gasteiger partial charge in [0.2, 0.25) is 5.91 Å². The Kier molecular flexibility index (Phi) is 5.16. The molecule has 0 atom stereocenters. The van der Waals surface area contributed by atoms with Gasteiger partial charge in [0.1, 0.15) is 12.4 Å². The summed E-state index contributed by atoms with van der Waals surface area (Å²) in [6.07, 6.45) is 1.69. The molecule has 0 radical (unpaired) electrons. The van der Waals surface area contributed by atoms with E-state index in [0.717, 1.165) is 18.4 Å². The summed E-state index contributed by atoms with van der Waals surface area (Å²) in [5, 5.41) is 12.9. The molecule has 1 saturated carbocycles. The van der Waals surface area contributed by atoms with E-state index in [1.807, 2.05) is 0 Å². The van der Waals surface area contributed by atoms with Gasteiger partial charge >= 0.3 is 5.97 Å². The monoisotopic (exact) mass is 379 g/mol. The number of carboxylic acids is 1. The topological polar surface area (TPSA) is 75.6 Å². The van der Waals surface area contributed by atoms with Crippen LogP contribution in [0.2, 0.25) is 10.0 Å². The van der Waals surface area contributed by atoms with E-state index in [1.54, 1.807) is 24.3 Å². The Hall–Kier alpha value is -2.24. The summed E-state index contributed by atoms with van der Waals surface area (Å²) in [7, 11) is 0. The molecule has 1 amide bonds. The third-order valence-corrected chi connectivity index (χ3v) is 4.56. The van der Waals surface area contributed by atoms with Crippen LogP contribution in [0, 0.1) is 5.92 Å². The Morgan fingerprint density at radius 1 is 1.12 bits per heavy atom. The van der Waals surface area contributed by atoms with Crippen molar-refractivity contribution >= 4 is 40.8 Å². The molecule has 130 valence electrons. The van der Waals surface area contributed by atoms with E-state index in [1.165, 1.54) is 12.1 Å². The minimum atomic E-state index is -1.13. The van der Waals surface area contributed by atoms with Crippen LogP contribution in [0.5, 0.6) is 5.75 Å². The highest BCUT2D eigenvalue weighted by molar-refractivity contribution is 6.42. The maximum atomic E-state index is 11.8. The van der Waals surface area contributed by atoms with Crippen molar-refractivity contribution in [1.82, 2.24) is 0 Å². The van der Waals surface area contributed by atoms with Gasteiger partial charge in [0.05, 0.1) is 21.3 Å². The highest BCUT2D eigenvalue weighted by Crippen LogP contribution is 2.31. The molecule has 0 bridgehead atoms. The fourth-order valence-electron chi connectivity index (χ4n) is 2.28. The van der Waals surface area contributed by atoms with E-state index >= 15 is 0 Å². The van der Waals surface area contributed by atoms with Crippen molar-refractivity contribution in [2.24, 2.45) is 5.92 Å². The largest absolute Gasteiger partial charge is 0.489 e. The SMILES string of the molecule is O=C(O)c1cc(OCc2ccc(Cl)c(Cl)c2)ccc1NC(=O)C1CC1. The number of amides is 1. The fourth-order valence-corrected chi connectivity index (χ4v) is 2.60. The summed E-state index contributed by atoms with van der Waals surface area (Å²) in [5.74, 6) is -0.904. The number of hydrogen-bond acceptors (Lipinski definition) is 3. The number of halogens is 2. The number of anilines is 1. The molecule has 2 N–H and O–H groups in total. The first-order chi connectivity index (χ1) is 11.9. The molecule has 2 aromatic rings. The van der Waals surface area contributed by atoms with Gasteiger partial charge in [-0.25, -0.2) is 4.79 Å². The molecule has 0 aromatic heterocycles. The van der Waals surface area contributed by atoms with E-state index in [9.17, 15) is 14.7 Å². The molecule has 1 aliphatic carbocycles. The van der Waals surface area contributed by atoms with Crippen LogP contribution in [0.3, 0.4) is 0 Å². The second-order valence-corrected chi connectivity index (χ2v) is 6.63. The van der Waals surface area contributed by atoms with E-state index in [-0.39, 0.29) is 29.7 Å². The maximum Gasteiger partial charge on any atom is 0.337 e. The first-order valence-corrected chi connectivity index (χ1v) is 8.44. The lowest BCUT2D eigenvalue weighted by Crippen LogP contribution is -2.16. The van der Waals surface area contributed by atoms with Gasteiger partial charge in [0.15, 0.2) is 0 Å². The Balaban J connectivity index is 1.73. The van der Waals surface area contributed by atoms with Crippen LogP contribution in [0.15, 0.2) is 36.4 Å². The van der Waals surface area contributed by atoms with Crippen LogP contribution in [0.4, 0.5) is 5.69 Å². The lowest BCUT2D eigenvalue weighted by Gasteiger charge is -2.12. The zero-order chi connectivity index (χ0) is 18.0. The van der Waals surface area contributed by atoms with Crippen molar-refractivity contribution in [3.8, 4) is 5.75 Å². The van der Waals surface area contributed by atoms with Crippen molar-refractivity contribution < 1.29 is 19.4 Å². The van der Waals surface area contributed by atoms with Crippen molar-refractivity contribution in [2.45, 2.75) is 19.4 Å². The summed E-state index contributed by atoms with van der Waals surface area (Å²) >= 11 is 11.8. The highest BCUT2D eigenvalue weighted by atomic mass is 35.5. The number of hydrogen-bond donors (Lipinski definition) is 2. The van der Waals surface area contributed by atoms with Crippen molar-refractivity contribution in [3.05, 3.63) is 57.6 Å². The van der Waals surface area contributed by atoms with Crippen LogP contribution >= 0.6 is 23.2 Å². The van der Waals surface area contributed by atoms with E-state index < -0.39 is 5.97 Å². The number of carboxylic acid groups (broad SMARTS) is 1. The molecule has 2 aromatic carbocycles. The van der Waals surface area contributed by atoms with Crippen LogP contribution in [-0.4, -0.2) is 17.0 Å². The Bertz CT molecular complexity index is 834. The Morgan fingerprint density at radius 3 is 2.52 bits per heavy atom. The van der Waals surface area contributed by atoms with E-state index in [0.29, 0.717) is 15.8 Å².